The van der Waals surface area contributed by atoms with E-state index in [4.69, 9.17) is 0 Å². The molecule has 90 valence electrons. The van der Waals surface area contributed by atoms with Crippen LogP contribution in [0.25, 0.3) is 0 Å². The number of unbranched alkanes of at least 4 members (excludes halogenated alkanes) is 1. The van der Waals surface area contributed by atoms with Gasteiger partial charge in [0.1, 0.15) is 0 Å². The minimum atomic E-state index is -4.32. The summed E-state index contributed by atoms with van der Waals surface area (Å²) in [6.45, 7) is 2.91. The molecule has 0 bridgehead atoms. The molecule has 0 aliphatic rings. The van der Waals surface area contributed by atoms with Crippen molar-refractivity contribution in [2.75, 3.05) is 6.54 Å². The molecule has 1 heterocycles. The number of hydrogen-bond donors (Lipinski definition) is 1. The van der Waals surface area contributed by atoms with Gasteiger partial charge in [0.25, 0.3) is 0 Å². The molecule has 1 aromatic rings. The van der Waals surface area contributed by atoms with Crippen LogP contribution in [0.3, 0.4) is 0 Å². The largest absolute Gasteiger partial charge is 0.418 e. The Kier molecular flexibility index (Phi) is 4.73. The SMILES string of the molecule is CCCCNCc1ncccc1C(F)(F)F. The minimum absolute atomic E-state index is 0.0612. The van der Waals surface area contributed by atoms with Crippen LogP contribution >= 0.6 is 0 Å². The Morgan fingerprint density at radius 1 is 1.38 bits per heavy atom. The van der Waals surface area contributed by atoms with E-state index < -0.39 is 11.7 Å². The first-order valence-electron chi connectivity index (χ1n) is 5.27. The Morgan fingerprint density at radius 2 is 2.12 bits per heavy atom. The second-order valence-electron chi connectivity index (χ2n) is 3.53. The van der Waals surface area contributed by atoms with Crippen LogP contribution in [0.5, 0.6) is 0 Å². The molecule has 0 aliphatic carbocycles. The van der Waals surface area contributed by atoms with E-state index in [1.807, 2.05) is 6.92 Å². The molecule has 5 heteroatoms. The van der Waals surface area contributed by atoms with Crippen LogP contribution in [0.1, 0.15) is 31.0 Å². The lowest BCUT2D eigenvalue weighted by atomic mass is 10.2. The number of halogens is 3. The summed E-state index contributed by atoms with van der Waals surface area (Å²) in [7, 11) is 0. The summed E-state index contributed by atoms with van der Waals surface area (Å²) in [6.07, 6.45) is -0.975. The maximum absolute atomic E-state index is 12.6. The molecule has 0 spiro atoms. The van der Waals surface area contributed by atoms with Crippen molar-refractivity contribution in [3.05, 3.63) is 29.6 Å². The zero-order valence-electron chi connectivity index (χ0n) is 9.14. The van der Waals surface area contributed by atoms with Gasteiger partial charge in [-0.1, -0.05) is 13.3 Å². The average Bonchev–Trinajstić information content (AvgIpc) is 2.24. The molecule has 0 aliphatic heterocycles. The third kappa shape index (κ3) is 3.81. The van der Waals surface area contributed by atoms with Gasteiger partial charge >= 0.3 is 6.18 Å². The minimum Gasteiger partial charge on any atom is -0.311 e. The van der Waals surface area contributed by atoms with E-state index in [1.54, 1.807) is 0 Å². The number of rotatable bonds is 5. The Labute approximate surface area is 92.9 Å². The molecule has 0 atom stereocenters. The highest BCUT2D eigenvalue weighted by atomic mass is 19.4. The highest BCUT2D eigenvalue weighted by molar-refractivity contribution is 5.22. The van der Waals surface area contributed by atoms with Gasteiger partial charge in [0.15, 0.2) is 0 Å². The predicted molar refractivity (Wildman–Crippen MR) is 55.9 cm³/mol. The molecule has 0 aromatic carbocycles. The van der Waals surface area contributed by atoms with Crippen molar-refractivity contribution < 1.29 is 13.2 Å². The van der Waals surface area contributed by atoms with Crippen molar-refractivity contribution >= 4 is 0 Å². The van der Waals surface area contributed by atoms with Gasteiger partial charge in [-0.3, -0.25) is 4.98 Å². The lowest BCUT2D eigenvalue weighted by Gasteiger charge is -2.11. The molecular weight excluding hydrogens is 217 g/mol. The van der Waals surface area contributed by atoms with Crippen molar-refractivity contribution in [1.82, 2.24) is 10.3 Å². The number of aromatic nitrogens is 1. The molecule has 0 saturated heterocycles. The number of nitrogens with one attached hydrogen (secondary N) is 1. The fraction of sp³-hybridized carbons (Fsp3) is 0.545. The fourth-order valence-corrected chi connectivity index (χ4v) is 1.35. The summed E-state index contributed by atoms with van der Waals surface area (Å²) >= 11 is 0. The van der Waals surface area contributed by atoms with E-state index >= 15 is 0 Å². The predicted octanol–water partition coefficient (Wildman–Crippen LogP) is 2.99. The quantitative estimate of drug-likeness (QED) is 0.789. The van der Waals surface area contributed by atoms with Gasteiger partial charge in [-0.15, -0.1) is 0 Å². The Bertz CT molecular complexity index is 323. The van der Waals surface area contributed by atoms with E-state index in [9.17, 15) is 13.2 Å². The molecule has 0 amide bonds. The van der Waals surface area contributed by atoms with Crippen LogP contribution < -0.4 is 5.32 Å². The lowest BCUT2D eigenvalue weighted by molar-refractivity contribution is -0.138. The molecule has 0 radical (unpaired) electrons. The monoisotopic (exact) mass is 232 g/mol. The number of alkyl halides is 3. The van der Waals surface area contributed by atoms with Crippen molar-refractivity contribution in [2.24, 2.45) is 0 Å². The van der Waals surface area contributed by atoms with Gasteiger partial charge in [-0.2, -0.15) is 13.2 Å². The summed E-state index contributed by atoms with van der Waals surface area (Å²) in [4.78, 5) is 3.76. The van der Waals surface area contributed by atoms with Crippen molar-refractivity contribution in [1.29, 1.82) is 0 Å². The summed E-state index contributed by atoms with van der Waals surface area (Å²) in [5.41, 5.74) is -0.592. The highest BCUT2D eigenvalue weighted by Crippen LogP contribution is 2.30. The molecule has 1 rings (SSSR count). The van der Waals surface area contributed by atoms with E-state index in [2.05, 4.69) is 10.3 Å². The molecule has 16 heavy (non-hydrogen) atoms. The van der Waals surface area contributed by atoms with Crippen LogP contribution in [-0.4, -0.2) is 11.5 Å². The van der Waals surface area contributed by atoms with Crippen LogP contribution in [0.4, 0.5) is 13.2 Å². The maximum atomic E-state index is 12.6. The zero-order chi connectivity index (χ0) is 12.0. The third-order valence-electron chi connectivity index (χ3n) is 2.20. The first-order valence-corrected chi connectivity index (χ1v) is 5.27. The second-order valence-corrected chi connectivity index (χ2v) is 3.53. The van der Waals surface area contributed by atoms with Gasteiger partial charge in [0.2, 0.25) is 0 Å². The van der Waals surface area contributed by atoms with Gasteiger partial charge in [0, 0.05) is 12.7 Å². The second kappa shape index (κ2) is 5.84. The standard InChI is InChI=1S/C11H15F3N2/c1-2-3-6-15-8-10-9(11(12,13)14)5-4-7-16-10/h4-5,7,15H,2-3,6,8H2,1H3. The molecule has 1 N–H and O–H groups in total. The van der Waals surface area contributed by atoms with Gasteiger partial charge in [-0.05, 0) is 25.1 Å². The van der Waals surface area contributed by atoms with Gasteiger partial charge in [-0.25, -0.2) is 0 Å². The fourth-order valence-electron chi connectivity index (χ4n) is 1.35. The lowest BCUT2D eigenvalue weighted by Crippen LogP contribution is -2.19. The van der Waals surface area contributed by atoms with Crippen LogP contribution in [0.2, 0.25) is 0 Å². The summed E-state index contributed by atoms with van der Waals surface area (Å²) in [6, 6.07) is 2.36. The average molecular weight is 232 g/mol. The summed E-state index contributed by atoms with van der Waals surface area (Å²) in [5.74, 6) is 0. The zero-order valence-corrected chi connectivity index (χ0v) is 9.14. The number of hydrogen-bond acceptors (Lipinski definition) is 2. The number of nitrogens with zero attached hydrogens (tertiary/aromatic N) is 1. The van der Waals surface area contributed by atoms with Crippen LogP contribution in [0.15, 0.2) is 18.3 Å². The van der Waals surface area contributed by atoms with E-state index in [-0.39, 0.29) is 12.2 Å². The smallest absolute Gasteiger partial charge is 0.311 e. The van der Waals surface area contributed by atoms with Gasteiger partial charge in [0.05, 0.1) is 11.3 Å². The Morgan fingerprint density at radius 3 is 2.75 bits per heavy atom. The first kappa shape index (κ1) is 13.0. The first-order chi connectivity index (χ1) is 7.55. The topological polar surface area (TPSA) is 24.9 Å². The highest BCUT2D eigenvalue weighted by Gasteiger charge is 2.33. The van der Waals surface area contributed by atoms with E-state index in [0.717, 1.165) is 18.9 Å². The summed E-state index contributed by atoms with van der Waals surface area (Å²) in [5, 5.41) is 2.95. The summed E-state index contributed by atoms with van der Waals surface area (Å²) < 4.78 is 37.7. The molecule has 0 unspecified atom stereocenters. The molecule has 1 aromatic heterocycles. The Hall–Kier alpha value is -1.10. The maximum Gasteiger partial charge on any atom is 0.418 e. The van der Waals surface area contributed by atoms with E-state index in [1.165, 1.54) is 12.3 Å². The Balaban J connectivity index is 2.65. The van der Waals surface area contributed by atoms with Crippen molar-refractivity contribution in [3.63, 3.8) is 0 Å². The van der Waals surface area contributed by atoms with E-state index in [0.29, 0.717) is 6.54 Å². The van der Waals surface area contributed by atoms with Gasteiger partial charge < -0.3 is 5.32 Å². The van der Waals surface area contributed by atoms with Crippen LogP contribution in [-0.2, 0) is 12.7 Å². The molecule has 2 nitrogen and oxygen atoms in total. The normalized spacial score (nSPS) is 11.8. The molecule has 0 fully saturated rings. The van der Waals surface area contributed by atoms with Crippen molar-refractivity contribution in [2.45, 2.75) is 32.5 Å². The van der Waals surface area contributed by atoms with Crippen LogP contribution in [0, 0.1) is 0 Å². The third-order valence-corrected chi connectivity index (χ3v) is 2.20. The molecule has 0 saturated carbocycles. The molecular formula is C11H15F3N2. The number of pyridine rings is 1. The van der Waals surface area contributed by atoms with Crippen molar-refractivity contribution in [3.8, 4) is 0 Å².